The number of nitrogen functional groups attached to an aromatic ring is 1. The third kappa shape index (κ3) is 2.41. The van der Waals surface area contributed by atoms with Gasteiger partial charge in [0.1, 0.15) is 0 Å². The van der Waals surface area contributed by atoms with E-state index in [1.54, 1.807) is 0 Å². The van der Waals surface area contributed by atoms with Crippen LogP contribution in [0, 0.1) is 3.57 Å². The van der Waals surface area contributed by atoms with Crippen LogP contribution in [0.4, 0.5) is 5.82 Å². The molecule has 0 aliphatic carbocycles. The number of halogens is 2. The molecule has 2 aromatic carbocycles. The maximum Gasteiger partial charge on any atom is 0.177 e. The Balaban J connectivity index is 2.23. The summed E-state index contributed by atoms with van der Waals surface area (Å²) in [5, 5.41) is 4.50. The minimum atomic E-state index is 0.340. The first kappa shape index (κ1) is 13.5. The van der Waals surface area contributed by atoms with Crippen LogP contribution in [0.2, 0.25) is 5.02 Å². The number of aromatic nitrogens is 1. The Labute approximate surface area is 134 Å². The summed E-state index contributed by atoms with van der Waals surface area (Å²) in [4.78, 5) is 0. The number of benzene rings is 2. The lowest BCUT2D eigenvalue weighted by Crippen LogP contribution is -1.89. The van der Waals surface area contributed by atoms with Crippen molar-refractivity contribution >= 4 is 40.0 Å². The van der Waals surface area contributed by atoms with E-state index in [1.807, 2.05) is 48.5 Å². The molecule has 1 aromatic heterocycles. The minimum absolute atomic E-state index is 0.340. The first-order chi connectivity index (χ1) is 9.66. The van der Waals surface area contributed by atoms with E-state index in [9.17, 15) is 0 Å². The van der Waals surface area contributed by atoms with Gasteiger partial charge in [0.2, 0.25) is 0 Å². The molecular weight excluding hydrogens is 387 g/mol. The van der Waals surface area contributed by atoms with Gasteiger partial charge in [-0.2, -0.15) is 0 Å². The Bertz CT molecular complexity index is 770. The highest BCUT2D eigenvalue weighted by Gasteiger charge is 2.19. The quantitative estimate of drug-likeness (QED) is 0.630. The summed E-state index contributed by atoms with van der Waals surface area (Å²) in [6.45, 7) is 0. The van der Waals surface area contributed by atoms with E-state index in [0.717, 1.165) is 20.3 Å². The molecule has 1 heterocycles. The third-order valence-electron chi connectivity index (χ3n) is 2.95. The topological polar surface area (TPSA) is 52.0 Å². The van der Waals surface area contributed by atoms with Gasteiger partial charge < -0.3 is 10.3 Å². The maximum atomic E-state index is 6.25. The molecule has 100 valence electrons. The van der Waals surface area contributed by atoms with Gasteiger partial charge in [-0.05, 0) is 40.8 Å². The minimum Gasteiger partial charge on any atom is -0.380 e. The molecule has 0 atom stereocenters. The van der Waals surface area contributed by atoms with Crippen LogP contribution in [0.15, 0.2) is 53.1 Å². The van der Waals surface area contributed by atoms with E-state index in [2.05, 4.69) is 27.7 Å². The van der Waals surface area contributed by atoms with Gasteiger partial charge in [-0.1, -0.05) is 47.1 Å². The van der Waals surface area contributed by atoms with Crippen molar-refractivity contribution in [2.24, 2.45) is 0 Å². The Hall–Kier alpha value is -1.53. The van der Waals surface area contributed by atoms with Gasteiger partial charge in [-0.3, -0.25) is 0 Å². The van der Waals surface area contributed by atoms with Crippen molar-refractivity contribution in [1.82, 2.24) is 5.16 Å². The molecule has 0 saturated carbocycles. The fourth-order valence-electron chi connectivity index (χ4n) is 2.05. The normalized spacial score (nSPS) is 10.7. The SMILES string of the molecule is Nc1noc(-c2cccc(I)c2)c1-c1ccccc1Cl. The average molecular weight is 397 g/mol. The lowest BCUT2D eigenvalue weighted by molar-refractivity contribution is 0.436. The maximum absolute atomic E-state index is 6.25. The Kier molecular flexibility index (Phi) is 3.67. The highest BCUT2D eigenvalue weighted by molar-refractivity contribution is 14.1. The molecule has 0 unspecified atom stereocenters. The van der Waals surface area contributed by atoms with E-state index in [0.29, 0.717) is 16.6 Å². The fourth-order valence-corrected chi connectivity index (χ4v) is 2.83. The fraction of sp³-hybridized carbons (Fsp3) is 0. The molecule has 5 heteroatoms. The van der Waals surface area contributed by atoms with Gasteiger partial charge in [0.25, 0.3) is 0 Å². The van der Waals surface area contributed by atoms with Gasteiger partial charge in [-0.25, -0.2) is 0 Å². The van der Waals surface area contributed by atoms with Crippen molar-refractivity contribution in [2.75, 3.05) is 5.73 Å². The van der Waals surface area contributed by atoms with Crippen LogP contribution < -0.4 is 5.73 Å². The van der Waals surface area contributed by atoms with Crippen LogP contribution in [0.5, 0.6) is 0 Å². The van der Waals surface area contributed by atoms with Gasteiger partial charge in [0.05, 0.1) is 5.56 Å². The van der Waals surface area contributed by atoms with E-state index >= 15 is 0 Å². The first-order valence-corrected chi connectivity index (χ1v) is 7.38. The number of hydrogen-bond acceptors (Lipinski definition) is 3. The smallest absolute Gasteiger partial charge is 0.177 e. The number of nitrogens with zero attached hydrogens (tertiary/aromatic N) is 1. The van der Waals surface area contributed by atoms with Crippen molar-refractivity contribution < 1.29 is 4.52 Å². The molecule has 3 rings (SSSR count). The zero-order valence-electron chi connectivity index (χ0n) is 10.3. The summed E-state index contributed by atoms with van der Waals surface area (Å²) in [7, 11) is 0. The number of anilines is 1. The highest BCUT2D eigenvalue weighted by atomic mass is 127. The second-order valence-electron chi connectivity index (χ2n) is 4.26. The summed E-state index contributed by atoms with van der Waals surface area (Å²) in [6.07, 6.45) is 0. The molecule has 20 heavy (non-hydrogen) atoms. The van der Waals surface area contributed by atoms with Crippen LogP contribution in [-0.4, -0.2) is 5.16 Å². The molecule has 2 N–H and O–H groups in total. The molecule has 0 radical (unpaired) electrons. The van der Waals surface area contributed by atoms with Crippen LogP contribution in [0.25, 0.3) is 22.5 Å². The average Bonchev–Trinajstić information content (AvgIpc) is 2.81. The molecule has 0 aliphatic rings. The largest absolute Gasteiger partial charge is 0.380 e. The molecule has 3 nitrogen and oxygen atoms in total. The number of rotatable bonds is 2. The van der Waals surface area contributed by atoms with Gasteiger partial charge >= 0.3 is 0 Å². The van der Waals surface area contributed by atoms with E-state index in [1.165, 1.54) is 0 Å². The van der Waals surface area contributed by atoms with E-state index in [4.69, 9.17) is 21.9 Å². The van der Waals surface area contributed by atoms with Gasteiger partial charge in [0.15, 0.2) is 11.6 Å². The molecular formula is C15H10ClIN2O. The molecule has 0 bridgehead atoms. The summed E-state index contributed by atoms with van der Waals surface area (Å²) in [5.74, 6) is 0.973. The summed E-state index contributed by atoms with van der Waals surface area (Å²) in [6, 6.07) is 15.5. The van der Waals surface area contributed by atoms with Crippen molar-refractivity contribution in [2.45, 2.75) is 0 Å². The summed E-state index contributed by atoms with van der Waals surface area (Å²) < 4.78 is 6.52. The first-order valence-electron chi connectivity index (χ1n) is 5.93. The van der Waals surface area contributed by atoms with Crippen LogP contribution >= 0.6 is 34.2 Å². The lowest BCUT2D eigenvalue weighted by Gasteiger charge is -2.05. The predicted molar refractivity (Wildman–Crippen MR) is 89.5 cm³/mol. The lowest BCUT2D eigenvalue weighted by atomic mass is 10.0. The van der Waals surface area contributed by atoms with Crippen LogP contribution in [0.1, 0.15) is 0 Å². The van der Waals surface area contributed by atoms with Gasteiger partial charge in [-0.15, -0.1) is 0 Å². The zero-order chi connectivity index (χ0) is 14.1. The summed E-state index contributed by atoms with van der Waals surface area (Å²) in [5.41, 5.74) is 8.43. The molecule has 3 aromatic rings. The second-order valence-corrected chi connectivity index (χ2v) is 5.91. The highest BCUT2D eigenvalue weighted by Crippen LogP contribution is 2.39. The monoisotopic (exact) mass is 396 g/mol. The van der Waals surface area contributed by atoms with Crippen molar-refractivity contribution in [3.63, 3.8) is 0 Å². The number of hydrogen-bond donors (Lipinski definition) is 1. The number of nitrogens with two attached hydrogens (primary N) is 1. The van der Waals surface area contributed by atoms with Crippen LogP contribution in [0.3, 0.4) is 0 Å². The Morgan fingerprint density at radius 1 is 1.10 bits per heavy atom. The zero-order valence-corrected chi connectivity index (χ0v) is 13.2. The Morgan fingerprint density at radius 2 is 1.90 bits per heavy atom. The Morgan fingerprint density at radius 3 is 2.65 bits per heavy atom. The molecule has 0 saturated heterocycles. The molecule has 0 spiro atoms. The molecule has 0 aliphatic heterocycles. The third-order valence-corrected chi connectivity index (χ3v) is 3.95. The van der Waals surface area contributed by atoms with Crippen LogP contribution in [-0.2, 0) is 0 Å². The van der Waals surface area contributed by atoms with Gasteiger partial charge in [0, 0.05) is 19.7 Å². The van der Waals surface area contributed by atoms with Crippen molar-refractivity contribution in [3.8, 4) is 22.5 Å². The van der Waals surface area contributed by atoms with E-state index in [-0.39, 0.29) is 0 Å². The predicted octanol–water partition coefficient (Wildman–Crippen LogP) is 4.85. The molecule has 0 amide bonds. The summed E-state index contributed by atoms with van der Waals surface area (Å²) >= 11 is 8.50. The van der Waals surface area contributed by atoms with Crippen molar-refractivity contribution in [3.05, 3.63) is 57.1 Å². The van der Waals surface area contributed by atoms with Crippen molar-refractivity contribution in [1.29, 1.82) is 0 Å². The van der Waals surface area contributed by atoms with E-state index < -0.39 is 0 Å². The second kappa shape index (κ2) is 5.46. The molecule has 0 fully saturated rings. The standard InChI is InChI=1S/C15H10ClIN2O/c16-12-7-2-1-6-11(12)13-14(20-19-15(13)18)9-4-3-5-10(17)8-9/h1-8H,(H2,18,19).